The molecule has 0 radical (unpaired) electrons. The number of hydrogen-bond acceptors (Lipinski definition) is 3. The van der Waals surface area contributed by atoms with Crippen molar-refractivity contribution in [1.29, 1.82) is 0 Å². The average molecular weight is 262 g/mol. The van der Waals surface area contributed by atoms with E-state index in [9.17, 15) is 5.11 Å². The zero-order valence-corrected chi connectivity index (χ0v) is 11.2. The molecule has 19 heavy (non-hydrogen) atoms. The van der Waals surface area contributed by atoms with E-state index >= 15 is 0 Å². The highest BCUT2D eigenvalue weighted by Gasteiger charge is 2.12. The van der Waals surface area contributed by atoms with Crippen LogP contribution in [0.15, 0.2) is 29.5 Å². The molecule has 1 aromatic rings. The number of hydrogen-bond donors (Lipinski definition) is 2. The van der Waals surface area contributed by atoms with Gasteiger partial charge >= 0.3 is 0 Å². The highest BCUT2D eigenvalue weighted by molar-refractivity contribution is 5.78. The Labute approximate surface area is 114 Å². The maximum absolute atomic E-state index is 10.0. The fourth-order valence-electron chi connectivity index (χ4n) is 2.27. The normalized spacial score (nSPS) is 19.0. The quantitative estimate of drug-likeness (QED) is 0.636. The van der Waals surface area contributed by atoms with Crippen LogP contribution in [0.4, 0.5) is 0 Å². The zero-order valence-electron chi connectivity index (χ0n) is 11.2. The van der Waals surface area contributed by atoms with Gasteiger partial charge in [0.2, 0.25) is 0 Å². The first kappa shape index (κ1) is 13.8. The Morgan fingerprint density at radius 2 is 1.89 bits per heavy atom. The van der Waals surface area contributed by atoms with Crippen LogP contribution in [0.25, 0.3) is 0 Å². The summed E-state index contributed by atoms with van der Waals surface area (Å²) in [6, 6.07) is 3.59. The number of guanidine groups is 1. The molecule has 1 fully saturated rings. The number of pyridine rings is 1. The van der Waals surface area contributed by atoms with Crippen LogP contribution in [0.5, 0.6) is 0 Å². The molecule has 1 aromatic heterocycles. The van der Waals surface area contributed by atoms with Gasteiger partial charge in [-0.25, -0.2) is 0 Å². The summed E-state index contributed by atoms with van der Waals surface area (Å²) >= 11 is 0. The molecule has 2 rings (SSSR count). The van der Waals surface area contributed by atoms with Gasteiger partial charge in [-0.1, -0.05) is 12.8 Å². The first-order valence-corrected chi connectivity index (χ1v) is 6.90. The lowest BCUT2D eigenvalue weighted by molar-refractivity contribution is 0.186. The highest BCUT2D eigenvalue weighted by Crippen LogP contribution is 2.12. The number of aliphatic hydroxyl groups excluding tert-OH is 1. The van der Waals surface area contributed by atoms with Crippen molar-refractivity contribution >= 4 is 5.96 Å². The molecule has 2 heterocycles. The standard InChI is InChI=1S/C14H22N4O/c15-14(18-9-3-1-2-4-10-18)17-11-13(19)12-5-7-16-8-6-12/h5-8,13,19H,1-4,9-11H2,(H2,15,17). The van der Waals surface area contributed by atoms with Crippen molar-refractivity contribution in [3.63, 3.8) is 0 Å². The van der Waals surface area contributed by atoms with Crippen LogP contribution in [0.2, 0.25) is 0 Å². The SMILES string of the molecule is NC(=NCC(O)c1ccncc1)N1CCCCCC1. The van der Waals surface area contributed by atoms with E-state index in [-0.39, 0.29) is 0 Å². The summed E-state index contributed by atoms with van der Waals surface area (Å²) in [6.45, 7) is 2.24. The van der Waals surface area contributed by atoms with Gasteiger partial charge in [0, 0.05) is 25.5 Å². The minimum absolute atomic E-state index is 0.298. The van der Waals surface area contributed by atoms with Crippen LogP contribution < -0.4 is 5.73 Å². The summed E-state index contributed by atoms with van der Waals surface area (Å²) in [5.41, 5.74) is 6.82. The lowest BCUT2D eigenvalue weighted by atomic mass is 10.1. The number of aliphatic hydroxyl groups is 1. The molecule has 0 bridgehead atoms. The summed E-state index contributed by atoms with van der Waals surface area (Å²) in [5, 5.41) is 10.0. The van der Waals surface area contributed by atoms with Gasteiger partial charge in [0.05, 0.1) is 12.6 Å². The third-order valence-electron chi connectivity index (χ3n) is 3.45. The molecular weight excluding hydrogens is 240 g/mol. The van der Waals surface area contributed by atoms with Gasteiger partial charge < -0.3 is 15.7 Å². The summed E-state index contributed by atoms with van der Waals surface area (Å²) < 4.78 is 0. The largest absolute Gasteiger partial charge is 0.386 e. The fraction of sp³-hybridized carbons (Fsp3) is 0.571. The van der Waals surface area contributed by atoms with Gasteiger partial charge in [0.15, 0.2) is 5.96 Å². The van der Waals surface area contributed by atoms with Gasteiger partial charge in [-0.15, -0.1) is 0 Å². The first-order valence-electron chi connectivity index (χ1n) is 6.90. The van der Waals surface area contributed by atoms with E-state index in [4.69, 9.17) is 5.73 Å². The minimum atomic E-state index is -0.617. The van der Waals surface area contributed by atoms with Crippen molar-refractivity contribution < 1.29 is 5.11 Å². The van der Waals surface area contributed by atoms with Crippen LogP contribution in [0.3, 0.4) is 0 Å². The molecule has 0 aliphatic carbocycles. The molecule has 5 heteroatoms. The lowest BCUT2D eigenvalue weighted by Crippen LogP contribution is -2.38. The van der Waals surface area contributed by atoms with Crippen LogP contribution in [0.1, 0.15) is 37.4 Å². The zero-order chi connectivity index (χ0) is 13.5. The summed E-state index contributed by atoms with van der Waals surface area (Å²) in [6.07, 6.45) is 7.59. The van der Waals surface area contributed by atoms with Gasteiger partial charge in [-0.2, -0.15) is 0 Å². The van der Waals surface area contributed by atoms with Crippen molar-refractivity contribution in [3.8, 4) is 0 Å². The molecule has 1 unspecified atom stereocenters. The molecule has 1 atom stereocenters. The average Bonchev–Trinajstić information content (AvgIpc) is 2.74. The van der Waals surface area contributed by atoms with Gasteiger partial charge in [-0.05, 0) is 30.5 Å². The second kappa shape index (κ2) is 7.09. The Morgan fingerprint density at radius 3 is 2.53 bits per heavy atom. The van der Waals surface area contributed by atoms with E-state index in [0.717, 1.165) is 18.7 Å². The van der Waals surface area contributed by atoms with Gasteiger partial charge in [0.1, 0.15) is 0 Å². The molecule has 5 nitrogen and oxygen atoms in total. The number of likely N-dealkylation sites (tertiary alicyclic amines) is 1. The van der Waals surface area contributed by atoms with E-state index in [1.807, 2.05) is 0 Å². The van der Waals surface area contributed by atoms with E-state index in [1.54, 1.807) is 24.5 Å². The van der Waals surface area contributed by atoms with Crippen molar-refractivity contribution in [2.45, 2.75) is 31.8 Å². The molecule has 0 amide bonds. The van der Waals surface area contributed by atoms with Gasteiger partial charge in [-0.3, -0.25) is 9.98 Å². The topological polar surface area (TPSA) is 74.7 Å². The Kier molecular flexibility index (Phi) is 5.15. The Hall–Kier alpha value is -1.62. The second-order valence-electron chi connectivity index (χ2n) is 4.90. The number of aromatic nitrogens is 1. The smallest absolute Gasteiger partial charge is 0.191 e. The maximum Gasteiger partial charge on any atom is 0.191 e. The van der Waals surface area contributed by atoms with Crippen LogP contribution in [-0.2, 0) is 0 Å². The molecular formula is C14H22N4O. The lowest BCUT2D eigenvalue weighted by Gasteiger charge is -2.21. The summed E-state index contributed by atoms with van der Waals surface area (Å²) in [5.74, 6) is 0.551. The van der Waals surface area contributed by atoms with Gasteiger partial charge in [0.25, 0.3) is 0 Å². The van der Waals surface area contributed by atoms with E-state index in [1.165, 1.54) is 25.7 Å². The first-order chi connectivity index (χ1) is 9.27. The molecule has 1 aliphatic heterocycles. The third-order valence-corrected chi connectivity index (χ3v) is 3.45. The summed E-state index contributed by atoms with van der Waals surface area (Å²) in [4.78, 5) is 10.4. The van der Waals surface area contributed by atoms with Crippen LogP contribution in [0, 0.1) is 0 Å². The summed E-state index contributed by atoms with van der Waals surface area (Å²) in [7, 11) is 0. The second-order valence-corrected chi connectivity index (χ2v) is 4.90. The van der Waals surface area contributed by atoms with Crippen molar-refractivity contribution in [3.05, 3.63) is 30.1 Å². The Morgan fingerprint density at radius 1 is 1.26 bits per heavy atom. The molecule has 1 aliphatic rings. The fourth-order valence-corrected chi connectivity index (χ4v) is 2.27. The number of nitrogens with zero attached hydrogens (tertiary/aromatic N) is 3. The van der Waals surface area contributed by atoms with E-state index < -0.39 is 6.10 Å². The molecule has 0 aromatic carbocycles. The highest BCUT2D eigenvalue weighted by atomic mass is 16.3. The molecule has 104 valence electrons. The molecule has 0 spiro atoms. The Bertz CT molecular complexity index is 399. The molecule has 0 saturated carbocycles. The molecule has 1 saturated heterocycles. The van der Waals surface area contributed by atoms with E-state index in [2.05, 4.69) is 14.9 Å². The monoisotopic (exact) mass is 262 g/mol. The van der Waals surface area contributed by atoms with E-state index in [0.29, 0.717) is 12.5 Å². The molecule has 3 N–H and O–H groups in total. The number of rotatable bonds is 3. The third kappa shape index (κ3) is 4.21. The number of nitrogens with two attached hydrogens (primary N) is 1. The predicted octanol–water partition coefficient (Wildman–Crippen LogP) is 1.31. The minimum Gasteiger partial charge on any atom is -0.386 e. The van der Waals surface area contributed by atoms with Crippen molar-refractivity contribution in [2.24, 2.45) is 10.7 Å². The van der Waals surface area contributed by atoms with Crippen molar-refractivity contribution in [2.75, 3.05) is 19.6 Å². The maximum atomic E-state index is 10.0. The van der Waals surface area contributed by atoms with Crippen molar-refractivity contribution in [1.82, 2.24) is 9.88 Å². The van der Waals surface area contributed by atoms with Crippen LogP contribution in [-0.4, -0.2) is 40.6 Å². The number of aliphatic imine (C=N–C) groups is 1. The predicted molar refractivity (Wildman–Crippen MR) is 75.7 cm³/mol. The Balaban J connectivity index is 1.90. The van der Waals surface area contributed by atoms with Crippen LogP contribution >= 0.6 is 0 Å².